The number of aryl methyl sites for hydroxylation is 1. The number of nitrogen functional groups attached to an aromatic ring is 1. The molecule has 1 aliphatic rings. The number of aromatic amines is 1. The van der Waals surface area contributed by atoms with Gasteiger partial charge in [0.25, 0.3) is 5.91 Å². The first-order valence-corrected chi connectivity index (χ1v) is 10.3. The van der Waals surface area contributed by atoms with Gasteiger partial charge in [-0.3, -0.25) is 9.89 Å². The van der Waals surface area contributed by atoms with Crippen molar-refractivity contribution >= 4 is 22.5 Å². The summed E-state index contributed by atoms with van der Waals surface area (Å²) in [5.74, 6) is -0.245. The summed E-state index contributed by atoms with van der Waals surface area (Å²) in [5.41, 5.74) is 16.6. The number of ether oxygens (including phenoxy) is 2. The number of nitrogens with zero attached hydrogens (tertiary/aromatic N) is 3. The fraction of sp³-hybridized carbons (Fsp3) is 0.217. The molecule has 0 spiro atoms. The monoisotopic (exact) mass is 430 g/mol. The van der Waals surface area contributed by atoms with Gasteiger partial charge in [-0.05, 0) is 36.2 Å². The number of benzene rings is 1. The second-order valence-corrected chi connectivity index (χ2v) is 7.73. The van der Waals surface area contributed by atoms with Crippen LogP contribution in [0.2, 0.25) is 0 Å². The number of carbonyl (C=O) groups excluding carboxylic acids is 1. The Morgan fingerprint density at radius 2 is 2.09 bits per heavy atom. The maximum atomic E-state index is 12.2. The summed E-state index contributed by atoms with van der Waals surface area (Å²) in [6.07, 6.45) is 2.52. The Morgan fingerprint density at radius 1 is 1.22 bits per heavy atom. The number of hydrogen-bond acceptors (Lipinski definition) is 7. The number of rotatable bonds is 5. The molecule has 1 fully saturated rings. The Hall–Kier alpha value is -3.98. The second-order valence-electron chi connectivity index (χ2n) is 7.73. The van der Waals surface area contributed by atoms with Gasteiger partial charge in [0, 0.05) is 23.4 Å². The van der Waals surface area contributed by atoms with E-state index in [4.69, 9.17) is 20.9 Å². The lowest BCUT2D eigenvalue weighted by atomic mass is 9.94. The number of anilines is 1. The van der Waals surface area contributed by atoms with Crippen molar-refractivity contribution < 1.29 is 14.3 Å². The summed E-state index contributed by atoms with van der Waals surface area (Å²) in [4.78, 5) is 21.2. The maximum Gasteiger partial charge on any atom is 0.269 e. The van der Waals surface area contributed by atoms with Crippen LogP contribution in [-0.4, -0.2) is 45.4 Å². The number of hydrogen-bond donors (Lipinski definition) is 3. The van der Waals surface area contributed by atoms with E-state index in [9.17, 15) is 4.79 Å². The molecule has 9 nitrogen and oxygen atoms in total. The molecule has 0 aliphatic carbocycles. The quantitative estimate of drug-likeness (QED) is 0.442. The molecule has 32 heavy (non-hydrogen) atoms. The van der Waals surface area contributed by atoms with Crippen molar-refractivity contribution in [3.63, 3.8) is 0 Å². The number of nitrogens with one attached hydrogen (secondary N) is 1. The Morgan fingerprint density at radius 3 is 2.88 bits per heavy atom. The Bertz CT molecular complexity index is 1330. The van der Waals surface area contributed by atoms with Crippen LogP contribution in [0.3, 0.4) is 0 Å². The first-order valence-electron chi connectivity index (χ1n) is 10.3. The van der Waals surface area contributed by atoms with Crippen LogP contribution >= 0.6 is 0 Å². The van der Waals surface area contributed by atoms with E-state index in [1.807, 2.05) is 31.2 Å². The van der Waals surface area contributed by atoms with E-state index in [2.05, 4.69) is 20.2 Å². The van der Waals surface area contributed by atoms with Gasteiger partial charge in [-0.2, -0.15) is 5.10 Å². The van der Waals surface area contributed by atoms with E-state index in [0.29, 0.717) is 36.0 Å². The molecule has 1 amide bonds. The molecular weight excluding hydrogens is 408 g/mol. The summed E-state index contributed by atoms with van der Waals surface area (Å²) in [5, 5.41) is 7.99. The van der Waals surface area contributed by atoms with Crippen LogP contribution < -0.4 is 16.2 Å². The molecule has 162 valence electrons. The second kappa shape index (κ2) is 7.93. The highest BCUT2D eigenvalue weighted by Gasteiger charge is 2.21. The minimum Gasteiger partial charge on any atom is -0.472 e. The normalized spacial score (nSPS) is 15.8. The number of pyridine rings is 2. The van der Waals surface area contributed by atoms with Gasteiger partial charge < -0.3 is 20.9 Å². The van der Waals surface area contributed by atoms with Crippen molar-refractivity contribution in [3.05, 3.63) is 53.9 Å². The average Bonchev–Trinajstić information content (AvgIpc) is 3.46. The first kappa shape index (κ1) is 20.0. The van der Waals surface area contributed by atoms with E-state index in [0.717, 1.165) is 28.5 Å². The zero-order valence-corrected chi connectivity index (χ0v) is 17.5. The topological polar surface area (TPSA) is 142 Å². The first-order chi connectivity index (χ1) is 15.5. The largest absolute Gasteiger partial charge is 0.472 e. The predicted octanol–water partition coefficient (Wildman–Crippen LogP) is 2.84. The lowest BCUT2D eigenvalue weighted by Crippen LogP contribution is -2.17. The third-order valence-corrected chi connectivity index (χ3v) is 5.56. The van der Waals surface area contributed by atoms with Crippen LogP contribution in [-0.2, 0) is 4.74 Å². The van der Waals surface area contributed by atoms with Gasteiger partial charge in [0.2, 0.25) is 5.88 Å². The van der Waals surface area contributed by atoms with Gasteiger partial charge in [0.05, 0.1) is 42.0 Å². The highest BCUT2D eigenvalue weighted by Crippen LogP contribution is 2.37. The lowest BCUT2D eigenvalue weighted by molar-refractivity contribution is 0.0996. The van der Waals surface area contributed by atoms with Crippen molar-refractivity contribution in [2.75, 3.05) is 18.9 Å². The molecule has 4 aromatic rings. The number of H-pyrrole nitrogens is 1. The molecule has 0 bridgehead atoms. The van der Waals surface area contributed by atoms with Gasteiger partial charge in [-0.25, -0.2) is 9.97 Å². The number of aromatic nitrogens is 4. The van der Waals surface area contributed by atoms with E-state index < -0.39 is 5.91 Å². The van der Waals surface area contributed by atoms with Crippen LogP contribution in [0.15, 0.2) is 42.6 Å². The minimum absolute atomic E-state index is 0.00490. The Kier molecular flexibility index (Phi) is 4.95. The molecule has 3 aromatic heterocycles. The lowest BCUT2D eigenvalue weighted by Gasteiger charge is -2.15. The fourth-order valence-corrected chi connectivity index (χ4v) is 3.96. The van der Waals surface area contributed by atoms with Crippen molar-refractivity contribution in [2.45, 2.75) is 19.4 Å². The number of amides is 1. The molecule has 0 unspecified atom stereocenters. The zero-order valence-electron chi connectivity index (χ0n) is 17.5. The summed E-state index contributed by atoms with van der Waals surface area (Å²) < 4.78 is 11.3. The highest BCUT2D eigenvalue weighted by molar-refractivity contribution is 6.05. The standard InChI is InChI=1S/C23H22N6O3/c1-12-5-6-16-15(10-26-29-16)20(12)14-9-18(28-22(21(14)24)23(25)30)17-3-2-4-19(27-17)32-13-7-8-31-11-13/h2-6,9-10,13H,7-8,11,24H2,1H3,(H2,25,30)(H,26,29)/t13-/m1/s1. The summed E-state index contributed by atoms with van der Waals surface area (Å²) in [6, 6.07) is 11.2. The molecular formula is C23H22N6O3. The summed E-state index contributed by atoms with van der Waals surface area (Å²) in [7, 11) is 0. The van der Waals surface area contributed by atoms with Crippen LogP contribution in [0.5, 0.6) is 5.88 Å². The third kappa shape index (κ3) is 3.52. The van der Waals surface area contributed by atoms with Gasteiger partial charge in [0.15, 0.2) is 5.69 Å². The Labute approximate surface area is 183 Å². The minimum atomic E-state index is -0.710. The Balaban J connectivity index is 1.66. The van der Waals surface area contributed by atoms with E-state index in [-0.39, 0.29) is 17.5 Å². The predicted molar refractivity (Wildman–Crippen MR) is 120 cm³/mol. The molecule has 0 radical (unpaired) electrons. The van der Waals surface area contributed by atoms with Gasteiger partial charge in [0.1, 0.15) is 6.10 Å². The van der Waals surface area contributed by atoms with Gasteiger partial charge >= 0.3 is 0 Å². The van der Waals surface area contributed by atoms with Crippen molar-refractivity contribution in [1.82, 2.24) is 20.2 Å². The van der Waals surface area contributed by atoms with Crippen LogP contribution in [0, 0.1) is 6.92 Å². The molecule has 5 rings (SSSR count). The molecule has 9 heteroatoms. The smallest absolute Gasteiger partial charge is 0.269 e. The average molecular weight is 430 g/mol. The van der Waals surface area contributed by atoms with Crippen LogP contribution in [0.25, 0.3) is 33.4 Å². The molecule has 1 atom stereocenters. The molecule has 5 N–H and O–H groups in total. The number of primary amides is 1. The number of fused-ring (bicyclic) bond motifs is 1. The summed E-state index contributed by atoms with van der Waals surface area (Å²) in [6.45, 7) is 3.19. The van der Waals surface area contributed by atoms with Gasteiger partial charge in [-0.15, -0.1) is 0 Å². The van der Waals surface area contributed by atoms with Crippen LogP contribution in [0.1, 0.15) is 22.5 Å². The van der Waals surface area contributed by atoms with Crippen LogP contribution in [0.4, 0.5) is 5.69 Å². The maximum absolute atomic E-state index is 12.2. The zero-order chi connectivity index (χ0) is 22.2. The van der Waals surface area contributed by atoms with E-state index in [1.54, 1.807) is 18.3 Å². The summed E-state index contributed by atoms with van der Waals surface area (Å²) >= 11 is 0. The number of nitrogens with two attached hydrogens (primary N) is 2. The molecule has 1 saturated heterocycles. The molecule has 1 aromatic carbocycles. The SMILES string of the molecule is Cc1ccc2[nH]ncc2c1-c1cc(-c2cccc(O[C@@H]3CCOC3)n2)nc(C(N)=O)c1N. The van der Waals surface area contributed by atoms with Crippen molar-refractivity contribution in [1.29, 1.82) is 0 Å². The molecule has 0 saturated carbocycles. The van der Waals surface area contributed by atoms with Crippen molar-refractivity contribution in [3.8, 4) is 28.4 Å². The van der Waals surface area contributed by atoms with E-state index in [1.165, 1.54) is 0 Å². The van der Waals surface area contributed by atoms with Gasteiger partial charge in [-0.1, -0.05) is 12.1 Å². The third-order valence-electron chi connectivity index (χ3n) is 5.56. The number of carbonyl (C=O) groups is 1. The highest BCUT2D eigenvalue weighted by atomic mass is 16.5. The van der Waals surface area contributed by atoms with E-state index >= 15 is 0 Å². The van der Waals surface area contributed by atoms with Crippen molar-refractivity contribution in [2.24, 2.45) is 5.73 Å². The molecule has 1 aliphatic heterocycles. The fourth-order valence-electron chi connectivity index (χ4n) is 3.96. The molecule has 4 heterocycles.